The molecule has 0 aliphatic carbocycles. The molecule has 0 radical (unpaired) electrons. The highest BCUT2D eigenvalue weighted by molar-refractivity contribution is 5.98. The molecule has 0 bridgehead atoms. The number of amides is 1. The van der Waals surface area contributed by atoms with E-state index in [1.165, 1.54) is 4.90 Å². The quantitative estimate of drug-likeness (QED) is 0.568. The SMILES string of the molecule is CCCCC(C(=O)O)N1C(=O)C(O)=C(C)C1c1cc2ccccc2o1.NO. The standard InChI is InChI=1S/C19H21NO5.H3NO/c1-3-4-8-13(19(23)24)20-16(11(2)17(21)18(20)22)15-10-12-7-5-6-9-14(12)25-15;1-2/h5-7,9-10,13,16,21H,3-4,8H2,1-2H3,(H,23,24);2H,1H2. The first-order chi connectivity index (χ1) is 13.0. The van der Waals surface area contributed by atoms with E-state index in [0.29, 0.717) is 29.8 Å². The summed E-state index contributed by atoms with van der Waals surface area (Å²) in [6.07, 6.45) is 1.82. The van der Waals surface area contributed by atoms with Gasteiger partial charge in [-0.05, 0) is 25.5 Å². The van der Waals surface area contributed by atoms with Crippen molar-refractivity contribution in [3.63, 3.8) is 0 Å². The molecule has 1 amide bonds. The summed E-state index contributed by atoms with van der Waals surface area (Å²) < 4.78 is 5.85. The second-order valence-electron chi connectivity index (χ2n) is 6.33. The summed E-state index contributed by atoms with van der Waals surface area (Å²) in [5.41, 5.74) is 1.07. The summed E-state index contributed by atoms with van der Waals surface area (Å²) in [6, 6.07) is 7.48. The van der Waals surface area contributed by atoms with Crippen LogP contribution in [0.3, 0.4) is 0 Å². The fraction of sp³-hybridized carbons (Fsp3) is 0.368. The second kappa shape index (κ2) is 8.70. The van der Waals surface area contributed by atoms with E-state index in [4.69, 9.17) is 9.62 Å². The molecule has 0 spiro atoms. The predicted molar refractivity (Wildman–Crippen MR) is 98.1 cm³/mol. The van der Waals surface area contributed by atoms with E-state index in [9.17, 15) is 19.8 Å². The molecule has 2 heterocycles. The van der Waals surface area contributed by atoms with Gasteiger partial charge in [-0.3, -0.25) is 4.79 Å². The molecule has 2 unspecified atom stereocenters. The molecule has 0 fully saturated rings. The zero-order valence-electron chi connectivity index (χ0n) is 15.3. The Labute approximate surface area is 156 Å². The van der Waals surface area contributed by atoms with Gasteiger partial charge in [0.15, 0.2) is 5.76 Å². The molecule has 1 aliphatic heterocycles. The summed E-state index contributed by atoms with van der Waals surface area (Å²) in [5.74, 6) is 1.82. The number of nitrogens with two attached hydrogens (primary N) is 1. The lowest BCUT2D eigenvalue weighted by Gasteiger charge is -2.30. The normalized spacial score (nSPS) is 17.9. The maximum atomic E-state index is 12.5. The molecule has 8 nitrogen and oxygen atoms in total. The number of aliphatic hydroxyl groups is 1. The van der Waals surface area contributed by atoms with Gasteiger partial charge in [0.1, 0.15) is 23.4 Å². The van der Waals surface area contributed by atoms with Crippen LogP contribution in [0.1, 0.15) is 44.9 Å². The first-order valence-electron chi connectivity index (χ1n) is 8.65. The number of hydrogen-bond acceptors (Lipinski definition) is 6. The zero-order valence-corrected chi connectivity index (χ0v) is 15.3. The number of para-hydroxylation sites is 1. The topological polar surface area (TPSA) is 137 Å². The fourth-order valence-corrected chi connectivity index (χ4v) is 3.33. The monoisotopic (exact) mass is 376 g/mol. The molecule has 2 aromatic rings. The highest BCUT2D eigenvalue weighted by atomic mass is 16.4. The maximum Gasteiger partial charge on any atom is 0.326 e. The van der Waals surface area contributed by atoms with Crippen molar-refractivity contribution in [3.8, 4) is 0 Å². The number of aliphatic hydroxyl groups excluding tert-OH is 1. The smallest absolute Gasteiger partial charge is 0.326 e. The third-order valence-corrected chi connectivity index (χ3v) is 4.66. The molecule has 1 aliphatic rings. The summed E-state index contributed by atoms with van der Waals surface area (Å²) in [6.45, 7) is 3.59. The Balaban J connectivity index is 0.00000126. The van der Waals surface area contributed by atoms with Crippen LogP contribution in [-0.2, 0) is 9.59 Å². The Kier molecular flexibility index (Phi) is 6.59. The third kappa shape index (κ3) is 3.81. The Morgan fingerprint density at radius 2 is 2.00 bits per heavy atom. The largest absolute Gasteiger partial charge is 0.503 e. The minimum atomic E-state index is -1.08. The summed E-state index contributed by atoms with van der Waals surface area (Å²) in [7, 11) is 0. The van der Waals surface area contributed by atoms with Crippen molar-refractivity contribution in [3.05, 3.63) is 47.4 Å². The van der Waals surface area contributed by atoms with E-state index in [0.717, 1.165) is 11.8 Å². The van der Waals surface area contributed by atoms with Crippen LogP contribution in [0.15, 0.2) is 46.1 Å². The van der Waals surface area contributed by atoms with Crippen molar-refractivity contribution in [2.24, 2.45) is 5.90 Å². The Bertz CT molecular complexity index is 824. The van der Waals surface area contributed by atoms with Gasteiger partial charge >= 0.3 is 5.97 Å². The van der Waals surface area contributed by atoms with Crippen LogP contribution in [0, 0.1) is 0 Å². The third-order valence-electron chi connectivity index (χ3n) is 4.66. The van der Waals surface area contributed by atoms with E-state index in [-0.39, 0.29) is 0 Å². The molecular formula is C19H24N2O6. The van der Waals surface area contributed by atoms with Gasteiger partial charge in [-0.15, -0.1) is 0 Å². The van der Waals surface area contributed by atoms with Crippen molar-refractivity contribution in [2.45, 2.75) is 45.2 Å². The van der Waals surface area contributed by atoms with Crippen LogP contribution in [0.5, 0.6) is 0 Å². The number of hydrogen-bond donors (Lipinski definition) is 4. The molecule has 5 N–H and O–H groups in total. The van der Waals surface area contributed by atoms with E-state index in [1.54, 1.807) is 13.0 Å². The Hall–Kier alpha value is -2.84. The van der Waals surface area contributed by atoms with Gasteiger partial charge in [-0.2, -0.15) is 0 Å². The van der Waals surface area contributed by atoms with Crippen LogP contribution >= 0.6 is 0 Å². The molecule has 1 aromatic carbocycles. The van der Waals surface area contributed by atoms with E-state index < -0.39 is 29.7 Å². The van der Waals surface area contributed by atoms with Crippen molar-refractivity contribution < 1.29 is 29.4 Å². The fourth-order valence-electron chi connectivity index (χ4n) is 3.33. The summed E-state index contributed by atoms with van der Waals surface area (Å²) in [5, 5.41) is 27.1. The summed E-state index contributed by atoms with van der Waals surface area (Å²) >= 11 is 0. The van der Waals surface area contributed by atoms with Gasteiger partial charge in [0.05, 0.1) is 0 Å². The number of fused-ring (bicyclic) bond motifs is 1. The van der Waals surface area contributed by atoms with E-state index in [2.05, 4.69) is 5.90 Å². The lowest BCUT2D eigenvalue weighted by atomic mass is 10.0. The van der Waals surface area contributed by atoms with Gasteiger partial charge in [0.2, 0.25) is 0 Å². The average molecular weight is 376 g/mol. The van der Waals surface area contributed by atoms with Crippen LogP contribution in [0.4, 0.5) is 0 Å². The lowest BCUT2D eigenvalue weighted by Crippen LogP contribution is -2.44. The number of benzene rings is 1. The first-order valence-corrected chi connectivity index (χ1v) is 8.65. The van der Waals surface area contributed by atoms with Crippen LogP contribution in [0.2, 0.25) is 0 Å². The lowest BCUT2D eigenvalue weighted by molar-refractivity contribution is -0.150. The number of aliphatic carboxylic acids is 1. The molecule has 8 heteroatoms. The van der Waals surface area contributed by atoms with E-state index >= 15 is 0 Å². The molecule has 27 heavy (non-hydrogen) atoms. The van der Waals surface area contributed by atoms with Crippen LogP contribution in [-0.4, -0.2) is 38.2 Å². The second-order valence-corrected chi connectivity index (χ2v) is 6.33. The van der Waals surface area contributed by atoms with Crippen molar-refractivity contribution in [1.82, 2.24) is 4.90 Å². The van der Waals surface area contributed by atoms with Crippen molar-refractivity contribution in [1.29, 1.82) is 0 Å². The minimum absolute atomic E-state index is 0.328. The van der Waals surface area contributed by atoms with Gasteiger partial charge < -0.3 is 24.7 Å². The molecular weight excluding hydrogens is 352 g/mol. The highest BCUT2D eigenvalue weighted by Gasteiger charge is 2.45. The van der Waals surface area contributed by atoms with Gasteiger partial charge in [-0.1, -0.05) is 38.0 Å². The highest BCUT2D eigenvalue weighted by Crippen LogP contribution is 2.41. The van der Waals surface area contributed by atoms with Crippen LogP contribution < -0.4 is 5.90 Å². The molecule has 1 aromatic heterocycles. The number of nitrogens with zero attached hydrogens (tertiary/aromatic N) is 1. The molecule has 2 atom stereocenters. The minimum Gasteiger partial charge on any atom is -0.503 e. The number of carboxylic acid groups (broad SMARTS) is 1. The van der Waals surface area contributed by atoms with Crippen molar-refractivity contribution >= 4 is 22.8 Å². The Morgan fingerprint density at radius 1 is 1.33 bits per heavy atom. The van der Waals surface area contributed by atoms with Gasteiger partial charge in [-0.25, -0.2) is 10.7 Å². The average Bonchev–Trinajstić information content (AvgIpc) is 3.18. The molecule has 3 rings (SSSR count). The first kappa shape index (κ1) is 20.5. The van der Waals surface area contributed by atoms with Crippen LogP contribution in [0.25, 0.3) is 11.0 Å². The maximum absolute atomic E-state index is 12.5. The molecule has 0 saturated heterocycles. The number of rotatable bonds is 6. The summed E-state index contributed by atoms with van der Waals surface area (Å²) in [4.78, 5) is 25.5. The number of furan rings is 1. The Morgan fingerprint density at radius 3 is 2.59 bits per heavy atom. The molecule has 0 saturated carbocycles. The number of carboxylic acids is 1. The number of unbranched alkanes of at least 4 members (excludes halogenated alkanes) is 1. The number of carbonyl (C=O) groups is 2. The van der Waals surface area contributed by atoms with Gasteiger partial charge in [0.25, 0.3) is 5.91 Å². The number of carbonyl (C=O) groups excluding carboxylic acids is 1. The predicted octanol–water partition coefficient (Wildman–Crippen LogP) is 3.13. The molecule has 146 valence electrons. The van der Waals surface area contributed by atoms with Crippen molar-refractivity contribution in [2.75, 3.05) is 0 Å². The zero-order chi connectivity index (χ0) is 20.1. The van der Waals surface area contributed by atoms with E-state index in [1.807, 2.05) is 31.2 Å². The van der Waals surface area contributed by atoms with Gasteiger partial charge in [0, 0.05) is 11.0 Å².